The van der Waals surface area contributed by atoms with Crippen LogP contribution in [0.1, 0.15) is 28.8 Å². The van der Waals surface area contributed by atoms with Crippen molar-refractivity contribution in [2.45, 2.75) is 19.4 Å². The Morgan fingerprint density at radius 1 is 1.24 bits per heavy atom. The van der Waals surface area contributed by atoms with E-state index in [0.29, 0.717) is 6.54 Å². The molecule has 1 aromatic heterocycles. The predicted octanol–water partition coefficient (Wildman–Crippen LogP) is 1.10. The number of aromatic nitrogens is 1. The number of pyridine rings is 1. The van der Waals surface area contributed by atoms with Gasteiger partial charge in [-0.2, -0.15) is 0 Å². The summed E-state index contributed by atoms with van der Waals surface area (Å²) in [5, 5.41) is 2.90. The SMILES string of the molecule is CN1CCC(C2CN(c3nccc4c3C(=O)NC4)C2)CC1. The van der Waals surface area contributed by atoms with Crippen LogP contribution in [-0.2, 0) is 6.54 Å². The molecule has 1 aromatic rings. The van der Waals surface area contributed by atoms with Crippen LogP contribution in [0.5, 0.6) is 0 Å². The number of anilines is 1. The Morgan fingerprint density at radius 3 is 2.76 bits per heavy atom. The highest BCUT2D eigenvalue weighted by atomic mass is 16.1. The summed E-state index contributed by atoms with van der Waals surface area (Å²) in [6, 6.07) is 1.95. The molecule has 1 N–H and O–H groups in total. The minimum atomic E-state index is 0.0378. The summed E-state index contributed by atoms with van der Waals surface area (Å²) in [4.78, 5) is 21.1. The van der Waals surface area contributed by atoms with Gasteiger partial charge < -0.3 is 15.1 Å². The lowest BCUT2D eigenvalue weighted by atomic mass is 9.79. The Labute approximate surface area is 125 Å². The lowest BCUT2D eigenvalue weighted by Gasteiger charge is -2.46. The number of rotatable bonds is 2. The van der Waals surface area contributed by atoms with Crippen molar-refractivity contribution in [2.75, 3.05) is 38.1 Å². The van der Waals surface area contributed by atoms with Crippen molar-refractivity contribution in [2.24, 2.45) is 11.8 Å². The van der Waals surface area contributed by atoms with Crippen molar-refractivity contribution >= 4 is 11.7 Å². The van der Waals surface area contributed by atoms with Gasteiger partial charge in [0.25, 0.3) is 5.91 Å². The molecule has 112 valence electrons. The predicted molar refractivity (Wildman–Crippen MR) is 81.3 cm³/mol. The van der Waals surface area contributed by atoms with E-state index in [-0.39, 0.29) is 5.91 Å². The Bertz CT molecular complexity index is 559. The lowest BCUT2D eigenvalue weighted by Crippen LogP contribution is -2.52. The zero-order valence-corrected chi connectivity index (χ0v) is 12.5. The maximum atomic E-state index is 12.0. The molecule has 0 atom stereocenters. The van der Waals surface area contributed by atoms with Gasteiger partial charge in [0.05, 0.1) is 5.56 Å². The van der Waals surface area contributed by atoms with E-state index in [2.05, 4.69) is 27.1 Å². The van der Waals surface area contributed by atoms with E-state index < -0.39 is 0 Å². The number of likely N-dealkylation sites (tertiary alicyclic amines) is 1. The highest BCUT2D eigenvalue weighted by Crippen LogP contribution is 2.36. The van der Waals surface area contributed by atoms with Gasteiger partial charge in [0.1, 0.15) is 5.82 Å². The van der Waals surface area contributed by atoms with Crippen LogP contribution in [0.3, 0.4) is 0 Å². The van der Waals surface area contributed by atoms with E-state index in [0.717, 1.165) is 41.9 Å². The largest absolute Gasteiger partial charge is 0.355 e. The molecular formula is C16H22N4O. The molecule has 0 aliphatic carbocycles. The van der Waals surface area contributed by atoms with Crippen molar-refractivity contribution in [1.82, 2.24) is 15.2 Å². The van der Waals surface area contributed by atoms with Crippen LogP contribution >= 0.6 is 0 Å². The highest BCUT2D eigenvalue weighted by Gasteiger charge is 2.37. The zero-order valence-electron chi connectivity index (χ0n) is 12.5. The second-order valence-electron chi connectivity index (χ2n) is 6.66. The van der Waals surface area contributed by atoms with E-state index in [1.165, 1.54) is 25.9 Å². The normalized spacial score (nSPS) is 23.9. The summed E-state index contributed by atoms with van der Waals surface area (Å²) >= 11 is 0. The molecule has 5 nitrogen and oxygen atoms in total. The molecule has 2 saturated heterocycles. The molecule has 3 aliphatic heterocycles. The first-order valence-electron chi connectivity index (χ1n) is 7.92. The number of carbonyl (C=O) groups excluding carboxylic acids is 1. The van der Waals surface area contributed by atoms with E-state index in [4.69, 9.17) is 0 Å². The van der Waals surface area contributed by atoms with E-state index in [1.807, 2.05) is 12.3 Å². The number of nitrogens with one attached hydrogen (secondary N) is 1. The maximum absolute atomic E-state index is 12.0. The summed E-state index contributed by atoms with van der Waals surface area (Å²) in [5.41, 5.74) is 1.90. The summed E-state index contributed by atoms with van der Waals surface area (Å²) in [6.45, 7) is 5.22. The van der Waals surface area contributed by atoms with Crippen molar-refractivity contribution in [3.8, 4) is 0 Å². The first-order chi connectivity index (χ1) is 10.2. The standard InChI is InChI=1S/C16H22N4O/c1-19-6-3-11(4-7-19)13-9-20(10-13)15-14-12(2-5-17-15)8-18-16(14)21/h2,5,11,13H,3-4,6-10H2,1H3,(H,18,21). The van der Waals surface area contributed by atoms with Gasteiger partial charge in [0, 0.05) is 25.8 Å². The Balaban J connectivity index is 1.45. The maximum Gasteiger partial charge on any atom is 0.255 e. The number of amides is 1. The third-order valence-corrected chi connectivity index (χ3v) is 5.32. The Hall–Kier alpha value is -1.62. The van der Waals surface area contributed by atoms with Crippen molar-refractivity contribution in [1.29, 1.82) is 0 Å². The van der Waals surface area contributed by atoms with Gasteiger partial charge in [0.15, 0.2) is 0 Å². The van der Waals surface area contributed by atoms with Crippen LogP contribution in [0.4, 0.5) is 5.82 Å². The van der Waals surface area contributed by atoms with Crippen molar-refractivity contribution in [3.05, 3.63) is 23.4 Å². The molecule has 0 spiro atoms. The molecule has 0 radical (unpaired) electrons. The first-order valence-corrected chi connectivity index (χ1v) is 7.92. The molecule has 2 fully saturated rings. The average molecular weight is 286 g/mol. The van der Waals surface area contributed by atoms with E-state index in [1.54, 1.807) is 0 Å². The van der Waals surface area contributed by atoms with Gasteiger partial charge in [-0.25, -0.2) is 4.98 Å². The van der Waals surface area contributed by atoms with Crippen molar-refractivity contribution < 1.29 is 4.79 Å². The average Bonchev–Trinajstić information content (AvgIpc) is 2.82. The van der Waals surface area contributed by atoms with E-state index in [9.17, 15) is 4.79 Å². The van der Waals surface area contributed by atoms with E-state index >= 15 is 0 Å². The minimum absolute atomic E-state index is 0.0378. The second-order valence-corrected chi connectivity index (χ2v) is 6.66. The summed E-state index contributed by atoms with van der Waals surface area (Å²) < 4.78 is 0. The van der Waals surface area contributed by atoms with Crippen LogP contribution in [0.2, 0.25) is 0 Å². The monoisotopic (exact) mass is 286 g/mol. The van der Waals surface area contributed by atoms with Crippen LogP contribution in [0.25, 0.3) is 0 Å². The number of hydrogen-bond acceptors (Lipinski definition) is 4. The third kappa shape index (κ3) is 2.20. The van der Waals surface area contributed by atoms with Gasteiger partial charge in [-0.3, -0.25) is 4.79 Å². The molecule has 0 saturated carbocycles. The fraction of sp³-hybridized carbons (Fsp3) is 0.625. The fourth-order valence-electron chi connectivity index (χ4n) is 3.87. The number of hydrogen-bond donors (Lipinski definition) is 1. The van der Waals surface area contributed by atoms with Crippen LogP contribution < -0.4 is 10.2 Å². The number of nitrogens with zero attached hydrogens (tertiary/aromatic N) is 3. The summed E-state index contributed by atoms with van der Waals surface area (Å²) in [5.74, 6) is 2.56. The van der Waals surface area contributed by atoms with Crippen LogP contribution in [-0.4, -0.2) is 49.0 Å². The molecule has 4 rings (SSSR count). The fourth-order valence-corrected chi connectivity index (χ4v) is 3.87. The van der Waals surface area contributed by atoms with Gasteiger partial charge in [-0.05, 0) is 56.4 Å². The topological polar surface area (TPSA) is 48.5 Å². The zero-order chi connectivity index (χ0) is 14.4. The molecule has 3 aliphatic rings. The lowest BCUT2D eigenvalue weighted by molar-refractivity contribution is 0.0965. The molecular weight excluding hydrogens is 264 g/mol. The van der Waals surface area contributed by atoms with Gasteiger partial charge in [-0.15, -0.1) is 0 Å². The minimum Gasteiger partial charge on any atom is -0.355 e. The number of carbonyl (C=O) groups is 1. The summed E-state index contributed by atoms with van der Waals surface area (Å²) in [6.07, 6.45) is 4.46. The third-order valence-electron chi connectivity index (χ3n) is 5.32. The molecule has 4 heterocycles. The Morgan fingerprint density at radius 2 is 2.00 bits per heavy atom. The molecule has 21 heavy (non-hydrogen) atoms. The van der Waals surface area contributed by atoms with Gasteiger partial charge in [-0.1, -0.05) is 0 Å². The van der Waals surface area contributed by atoms with Gasteiger partial charge in [0.2, 0.25) is 0 Å². The molecule has 1 amide bonds. The summed E-state index contributed by atoms with van der Waals surface area (Å²) in [7, 11) is 2.21. The highest BCUT2D eigenvalue weighted by molar-refractivity contribution is 6.02. The number of piperidine rings is 1. The molecule has 5 heteroatoms. The Kier molecular flexibility index (Phi) is 3.10. The molecule has 0 aromatic carbocycles. The smallest absolute Gasteiger partial charge is 0.255 e. The first kappa shape index (κ1) is 13.1. The quantitative estimate of drug-likeness (QED) is 0.884. The van der Waals surface area contributed by atoms with Gasteiger partial charge >= 0.3 is 0 Å². The van der Waals surface area contributed by atoms with Crippen LogP contribution in [0.15, 0.2) is 12.3 Å². The number of fused-ring (bicyclic) bond motifs is 1. The molecule has 0 unspecified atom stereocenters. The second kappa shape index (κ2) is 4.98. The van der Waals surface area contributed by atoms with Crippen LogP contribution in [0, 0.1) is 11.8 Å². The van der Waals surface area contributed by atoms with Crippen molar-refractivity contribution in [3.63, 3.8) is 0 Å². The molecule has 0 bridgehead atoms.